The molecular weight excluding hydrogens is 236 g/mol. The highest BCUT2D eigenvalue weighted by Crippen LogP contribution is 2.23. The molecule has 0 radical (unpaired) electrons. The molecule has 0 aromatic carbocycles. The van der Waals surface area contributed by atoms with Crippen LogP contribution in [-0.4, -0.2) is 54.2 Å². The van der Waals surface area contributed by atoms with E-state index in [4.69, 9.17) is 10.5 Å². The monoisotopic (exact) mass is 260 g/mol. The number of nitrogens with zero attached hydrogens (tertiary/aromatic N) is 1. The molecule has 4 nitrogen and oxygen atoms in total. The van der Waals surface area contributed by atoms with Crippen LogP contribution in [0.15, 0.2) is 0 Å². The fraction of sp³-hybridized carbons (Fsp3) is 0.917. The van der Waals surface area contributed by atoms with Crippen LogP contribution in [0.25, 0.3) is 0 Å². The number of rotatable bonds is 6. The van der Waals surface area contributed by atoms with Crippen molar-refractivity contribution in [1.82, 2.24) is 4.90 Å². The fourth-order valence-corrected chi connectivity index (χ4v) is 3.18. The van der Waals surface area contributed by atoms with Gasteiger partial charge in [-0.15, -0.1) is 0 Å². The zero-order valence-electron chi connectivity index (χ0n) is 11.1. The molecule has 0 bridgehead atoms. The number of hydrogen-bond acceptors (Lipinski definition) is 4. The first kappa shape index (κ1) is 14.8. The third-order valence-corrected chi connectivity index (χ3v) is 3.95. The molecule has 0 aliphatic carbocycles. The average Bonchev–Trinajstić information content (AvgIpc) is 2.68. The van der Waals surface area contributed by atoms with Gasteiger partial charge < -0.3 is 15.4 Å². The van der Waals surface area contributed by atoms with Crippen LogP contribution < -0.4 is 5.73 Å². The van der Waals surface area contributed by atoms with Gasteiger partial charge >= 0.3 is 0 Å². The van der Waals surface area contributed by atoms with E-state index >= 15 is 0 Å². The first-order valence-corrected chi connectivity index (χ1v) is 7.24. The second-order valence-corrected chi connectivity index (χ2v) is 6.41. The Kier molecular flexibility index (Phi) is 5.76. The van der Waals surface area contributed by atoms with Gasteiger partial charge in [-0.05, 0) is 26.0 Å². The van der Waals surface area contributed by atoms with E-state index in [0.717, 1.165) is 17.9 Å². The molecule has 1 atom stereocenters. The first-order valence-electron chi connectivity index (χ1n) is 6.09. The van der Waals surface area contributed by atoms with Crippen LogP contribution in [-0.2, 0) is 9.53 Å². The Balaban J connectivity index is 2.57. The molecule has 5 heteroatoms. The van der Waals surface area contributed by atoms with E-state index in [-0.39, 0.29) is 5.91 Å². The maximum absolute atomic E-state index is 12.2. The Morgan fingerprint density at radius 3 is 2.76 bits per heavy atom. The van der Waals surface area contributed by atoms with Gasteiger partial charge in [-0.25, -0.2) is 0 Å². The Morgan fingerprint density at radius 2 is 2.29 bits per heavy atom. The minimum absolute atomic E-state index is 0.155. The number of ether oxygens (including phenoxy) is 1. The average molecular weight is 260 g/mol. The molecule has 0 saturated carbocycles. The Labute approximate surface area is 108 Å². The third-order valence-electron chi connectivity index (χ3n) is 2.81. The van der Waals surface area contributed by atoms with Gasteiger partial charge in [0.2, 0.25) is 5.91 Å². The van der Waals surface area contributed by atoms with Gasteiger partial charge in [0.1, 0.15) is 0 Å². The molecule has 0 spiro atoms. The normalized spacial score (nSPS) is 20.6. The molecule has 1 aliphatic rings. The fourth-order valence-electron chi connectivity index (χ4n) is 1.96. The molecule has 2 N–H and O–H groups in total. The standard InChI is InChI=1S/C12H24N2O2S/c1-12(2,13)8-11(15)14(5-6-16-3)10-4-7-17-9-10/h10H,4-9,13H2,1-3H3. The molecule has 1 rings (SSSR count). The van der Waals surface area contributed by atoms with Crippen LogP contribution in [0.5, 0.6) is 0 Å². The maximum atomic E-state index is 12.2. The van der Waals surface area contributed by atoms with Gasteiger partial charge in [0, 0.05) is 37.4 Å². The Hall–Kier alpha value is -0.260. The minimum atomic E-state index is -0.436. The minimum Gasteiger partial charge on any atom is -0.383 e. The summed E-state index contributed by atoms with van der Waals surface area (Å²) in [5.74, 6) is 2.34. The first-order chi connectivity index (χ1) is 7.94. The van der Waals surface area contributed by atoms with E-state index in [1.807, 2.05) is 30.5 Å². The molecule has 0 aromatic heterocycles. The summed E-state index contributed by atoms with van der Waals surface area (Å²) in [6.45, 7) is 5.06. The smallest absolute Gasteiger partial charge is 0.224 e. The maximum Gasteiger partial charge on any atom is 0.224 e. The molecule has 1 aliphatic heterocycles. The van der Waals surface area contributed by atoms with E-state index in [1.165, 1.54) is 0 Å². The summed E-state index contributed by atoms with van der Waals surface area (Å²) in [5.41, 5.74) is 5.48. The quantitative estimate of drug-likeness (QED) is 0.777. The highest BCUT2D eigenvalue weighted by Gasteiger charge is 2.29. The van der Waals surface area contributed by atoms with Crippen LogP contribution >= 0.6 is 11.8 Å². The zero-order valence-corrected chi connectivity index (χ0v) is 11.9. The number of methoxy groups -OCH3 is 1. The highest BCUT2D eigenvalue weighted by molar-refractivity contribution is 7.99. The molecule has 0 aromatic rings. The second-order valence-electron chi connectivity index (χ2n) is 5.26. The molecule has 100 valence electrons. The summed E-state index contributed by atoms with van der Waals surface area (Å²) in [6, 6.07) is 0.366. The lowest BCUT2D eigenvalue weighted by atomic mass is 10.0. The SMILES string of the molecule is COCCN(C(=O)CC(C)(C)N)C1CCSC1. The van der Waals surface area contributed by atoms with Gasteiger partial charge in [-0.2, -0.15) is 11.8 Å². The molecule has 1 fully saturated rings. The van der Waals surface area contributed by atoms with Crippen molar-refractivity contribution in [3.8, 4) is 0 Å². The van der Waals surface area contributed by atoms with Gasteiger partial charge in [0.25, 0.3) is 0 Å². The molecule has 1 unspecified atom stereocenters. The lowest BCUT2D eigenvalue weighted by Gasteiger charge is -2.31. The van der Waals surface area contributed by atoms with E-state index in [2.05, 4.69) is 0 Å². The number of nitrogens with two attached hydrogens (primary N) is 1. The molecule has 17 heavy (non-hydrogen) atoms. The summed E-state index contributed by atoms with van der Waals surface area (Å²) in [4.78, 5) is 14.2. The second kappa shape index (κ2) is 6.61. The Morgan fingerprint density at radius 1 is 1.59 bits per heavy atom. The van der Waals surface area contributed by atoms with Crippen LogP contribution in [0, 0.1) is 0 Å². The molecule has 1 saturated heterocycles. The summed E-state index contributed by atoms with van der Waals surface area (Å²) in [7, 11) is 1.67. The summed E-state index contributed by atoms with van der Waals surface area (Å²) in [6.07, 6.45) is 1.49. The van der Waals surface area contributed by atoms with Crippen molar-refractivity contribution in [2.24, 2.45) is 5.73 Å². The molecule has 1 heterocycles. The van der Waals surface area contributed by atoms with Crippen molar-refractivity contribution in [1.29, 1.82) is 0 Å². The van der Waals surface area contributed by atoms with Crippen LogP contribution in [0.1, 0.15) is 26.7 Å². The van der Waals surface area contributed by atoms with Crippen LogP contribution in [0.4, 0.5) is 0 Å². The van der Waals surface area contributed by atoms with Crippen molar-refractivity contribution >= 4 is 17.7 Å². The third kappa shape index (κ3) is 5.27. The number of hydrogen-bond donors (Lipinski definition) is 1. The predicted molar refractivity (Wildman–Crippen MR) is 72.2 cm³/mol. The Bertz CT molecular complexity index is 247. The number of amides is 1. The largest absolute Gasteiger partial charge is 0.383 e. The predicted octanol–water partition coefficient (Wildman–Crippen LogP) is 1.09. The lowest BCUT2D eigenvalue weighted by Crippen LogP contribution is -2.47. The van der Waals surface area contributed by atoms with E-state index in [0.29, 0.717) is 25.6 Å². The van der Waals surface area contributed by atoms with E-state index in [1.54, 1.807) is 7.11 Å². The highest BCUT2D eigenvalue weighted by atomic mass is 32.2. The van der Waals surface area contributed by atoms with Crippen molar-refractivity contribution in [2.75, 3.05) is 31.8 Å². The van der Waals surface area contributed by atoms with Crippen LogP contribution in [0.2, 0.25) is 0 Å². The van der Waals surface area contributed by atoms with E-state index < -0.39 is 5.54 Å². The summed E-state index contributed by atoms with van der Waals surface area (Å²) in [5, 5.41) is 0. The van der Waals surface area contributed by atoms with Gasteiger partial charge in [0.15, 0.2) is 0 Å². The number of carbonyl (C=O) groups is 1. The van der Waals surface area contributed by atoms with Crippen molar-refractivity contribution in [3.05, 3.63) is 0 Å². The molecular formula is C12H24N2O2S. The van der Waals surface area contributed by atoms with Gasteiger partial charge in [-0.1, -0.05) is 0 Å². The van der Waals surface area contributed by atoms with Crippen molar-refractivity contribution < 1.29 is 9.53 Å². The van der Waals surface area contributed by atoms with E-state index in [9.17, 15) is 4.79 Å². The molecule has 1 amide bonds. The topological polar surface area (TPSA) is 55.6 Å². The lowest BCUT2D eigenvalue weighted by molar-refractivity contribution is -0.134. The summed E-state index contributed by atoms with van der Waals surface area (Å²) >= 11 is 1.91. The van der Waals surface area contributed by atoms with Gasteiger partial charge in [0.05, 0.1) is 6.61 Å². The van der Waals surface area contributed by atoms with Crippen molar-refractivity contribution in [2.45, 2.75) is 38.3 Å². The van der Waals surface area contributed by atoms with Gasteiger partial charge in [-0.3, -0.25) is 4.79 Å². The number of carbonyl (C=O) groups excluding carboxylic acids is 1. The number of thioether (sulfide) groups is 1. The summed E-state index contributed by atoms with van der Waals surface area (Å²) < 4.78 is 5.08. The van der Waals surface area contributed by atoms with Crippen LogP contribution in [0.3, 0.4) is 0 Å². The van der Waals surface area contributed by atoms with Crippen molar-refractivity contribution in [3.63, 3.8) is 0 Å². The zero-order chi connectivity index (χ0) is 12.9.